The van der Waals surface area contributed by atoms with Crippen LogP contribution in [0.3, 0.4) is 0 Å². The lowest BCUT2D eigenvalue weighted by atomic mass is 10.1. The van der Waals surface area contributed by atoms with Crippen molar-refractivity contribution in [2.45, 2.75) is 13.0 Å². The fourth-order valence-corrected chi connectivity index (χ4v) is 1.91. The molecule has 20 heavy (non-hydrogen) atoms. The maximum atomic E-state index is 12.1. The minimum absolute atomic E-state index is 0. The number of nitrogens with one attached hydrogen (secondary N) is 1. The van der Waals surface area contributed by atoms with Crippen LogP contribution in [0.4, 0.5) is 0 Å². The van der Waals surface area contributed by atoms with Gasteiger partial charge in [0.15, 0.2) is 0 Å². The minimum atomic E-state index is -0.157. The minimum Gasteiger partial charge on any atom is -0.344 e. The van der Waals surface area contributed by atoms with Gasteiger partial charge in [0, 0.05) is 12.1 Å². The molecule has 0 unspecified atom stereocenters. The quantitative estimate of drug-likeness (QED) is 0.910. The molecule has 0 aromatic heterocycles. The molecule has 0 spiro atoms. The summed E-state index contributed by atoms with van der Waals surface area (Å²) in [5.41, 5.74) is 8.55. The molecule has 4 heteroatoms. The maximum Gasteiger partial charge on any atom is 0.251 e. The summed E-state index contributed by atoms with van der Waals surface area (Å²) in [4.78, 5) is 12.1. The summed E-state index contributed by atoms with van der Waals surface area (Å²) >= 11 is 0. The molecule has 2 aromatic carbocycles. The first kappa shape index (κ1) is 16.2. The summed E-state index contributed by atoms with van der Waals surface area (Å²) in [6.07, 6.45) is 0. The van der Waals surface area contributed by atoms with Crippen LogP contribution in [0, 0.1) is 6.92 Å². The zero-order valence-electron chi connectivity index (χ0n) is 11.4. The van der Waals surface area contributed by atoms with Gasteiger partial charge in [0.1, 0.15) is 0 Å². The van der Waals surface area contributed by atoms with Crippen LogP contribution < -0.4 is 11.1 Å². The molecule has 3 nitrogen and oxygen atoms in total. The van der Waals surface area contributed by atoms with Crippen LogP contribution in [-0.4, -0.2) is 12.5 Å². The molecule has 0 saturated heterocycles. The number of benzene rings is 2. The number of rotatable bonds is 4. The SMILES string of the molecule is Cc1ccc(C(=O)N[C@@H](CN)c2ccccc2)cc1.Cl. The Kier molecular flexibility index (Phi) is 6.22. The predicted molar refractivity (Wildman–Crippen MR) is 84.1 cm³/mol. The predicted octanol–water partition coefficient (Wildman–Crippen LogP) is 2.85. The van der Waals surface area contributed by atoms with E-state index in [1.165, 1.54) is 0 Å². The van der Waals surface area contributed by atoms with Crippen LogP contribution in [-0.2, 0) is 0 Å². The molecule has 0 fully saturated rings. The zero-order valence-corrected chi connectivity index (χ0v) is 12.2. The van der Waals surface area contributed by atoms with E-state index in [1.54, 1.807) is 0 Å². The molecule has 0 aliphatic heterocycles. The van der Waals surface area contributed by atoms with Gasteiger partial charge in [-0.05, 0) is 24.6 Å². The lowest BCUT2D eigenvalue weighted by Crippen LogP contribution is -2.33. The number of hydrogen-bond donors (Lipinski definition) is 2. The summed E-state index contributed by atoms with van der Waals surface area (Å²) in [7, 11) is 0. The van der Waals surface area contributed by atoms with Gasteiger partial charge in [-0.25, -0.2) is 0 Å². The number of amides is 1. The van der Waals surface area contributed by atoms with E-state index >= 15 is 0 Å². The van der Waals surface area contributed by atoms with Crippen molar-refractivity contribution in [3.05, 3.63) is 71.3 Å². The van der Waals surface area contributed by atoms with Crippen molar-refractivity contribution in [1.29, 1.82) is 0 Å². The number of carbonyl (C=O) groups is 1. The van der Waals surface area contributed by atoms with Crippen LogP contribution in [0.5, 0.6) is 0 Å². The molecular weight excluding hydrogens is 272 g/mol. The Balaban J connectivity index is 0.00000200. The molecule has 1 amide bonds. The van der Waals surface area contributed by atoms with Gasteiger partial charge in [-0.15, -0.1) is 12.4 Å². The first-order valence-electron chi connectivity index (χ1n) is 6.33. The van der Waals surface area contributed by atoms with Gasteiger partial charge in [-0.1, -0.05) is 48.0 Å². The third-order valence-corrected chi connectivity index (χ3v) is 3.06. The van der Waals surface area contributed by atoms with Crippen LogP contribution in [0.2, 0.25) is 0 Å². The second-order valence-corrected chi connectivity index (χ2v) is 4.54. The van der Waals surface area contributed by atoms with Crippen molar-refractivity contribution in [3.8, 4) is 0 Å². The Morgan fingerprint density at radius 3 is 2.25 bits per heavy atom. The van der Waals surface area contributed by atoms with Gasteiger partial charge >= 0.3 is 0 Å². The Morgan fingerprint density at radius 2 is 1.70 bits per heavy atom. The highest BCUT2D eigenvalue weighted by atomic mass is 35.5. The fraction of sp³-hybridized carbons (Fsp3) is 0.188. The molecule has 0 radical (unpaired) electrons. The first-order chi connectivity index (χ1) is 9.20. The van der Waals surface area contributed by atoms with Crippen molar-refractivity contribution in [3.63, 3.8) is 0 Å². The summed E-state index contributed by atoms with van der Waals surface area (Å²) < 4.78 is 0. The average molecular weight is 291 g/mol. The molecule has 2 rings (SSSR count). The lowest BCUT2D eigenvalue weighted by molar-refractivity contribution is 0.0938. The number of hydrogen-bond acceptors (Lipinski definition) is 2. The van der Waals surface area contributed by atoms with Crippen LogP contribution in [0.15, 0.2) is 54.6 Å². The van der Waals surface area contributed by atoms with Crippen molar-refractivity contribution >= 4 is 18.3 Å². The lowest BCUT2D eigenvalue weighted by Gasteiger charge is -2.17. The van der Waals surface area contributed by atoms with E-state index in [0.717, 1.165) is 11.1 Å². The third-order valence-electron chi connectivity index (χ3n) is 3.06. The molecule has 0 saturated carbocycles. The van der Waals surface area contributed by atoms with Crippen molar-refractivity contribution < 1.29 is 4.79 Å². The van der Waals surface area contributed by atoms with E-state index < -0.39 is 0 Å². The summed E-state index contributed by atoms with van der Waals surface area (Å²) in [6, 6.07) is 17.1. The molecule has 0 heterocycles. The van der Waals surface area contributed by atoms with Gasteiger partial charge in [0.25, 0.3) is 5.91 Å². The molecule has 106 valence electrons. The molecule has 2 aromatic rings. The molecule has 3 N–H and O–H groups in total. The molecule has 0 aliphatic rings. The summed E-state index contributed by atoms with van der Waals surface area (Å²) in [5, 5.41) is 2.95. The standard InChI is InChI=1S/C16H18N2O.ClH/c1-12-7-9-14(10-8-12)16(19)18-15(11-17)13-5-3-2-4-6-13;/h2-10,15H,11,17H2,1H3,(H,18,19);1H/t15-;/m0./s1. The normalized spacial score (nSPS) is 11.3. The number of carbonyl (C=O) groups excluding carboxylic acids is 1. The summed E-state index contributed by atoms with van der Waals surface area (Å²) in [6.45, 7) is 2.37. The smallest absolute Gasteiger partial charge is 0.251 e. The summed E-state index contributed by atoms with van der Waals surface area (Å²) in [5.74, 6) is -0.0979. The van der Waals surface area contributed by atoms with E-state index in [0.29, 0.717) is 12.1 Å². The second-order valence-electron chi connectivity index (χ2n) is 4.54. The van der Waals surface area contributed by atoms with E-state index in [9.17, 15) is 4.79 Å². The van der Waals surface area contributed by atoms with Gasteiger partial charge in [-0.2, -0.15) is 0 Å². The monoisotopic (exact) mass is 290 g/mol. The topological polar surface area (TPSA) is 55.1 Å². The number of halogens is 1. The fourth-order valence-electron chi connectivity index (χ4n) is 1.91. The zero-order chi connectivity index (χ0) is 13.7. The van der Waals surface area contributed by atoms with E-state index in [2.05, 4.69) is 5.32 Å². The molecular formula is C16H19ClN2O. The highest BCUT2D eigenvalue weighted by Crippen LogP contribution is 2.12. The van der Waals surface area contributed by atoms with Gasteiger partial charge in [0.05, 0.1) is 6.04 Å². The number of nitrogens with two attached hydrogens (primary N) is 1. The van der Waals surface area contributed by atoms with Crippen LogP contribution in [0.25, 0.3) is 0 Å². The largest absolute Gasteiger partial charge is 0.344 e. The van der Waals surface area contributed by atoms with E-state index in [-0.39, 0.29) is 24.4 Å². The number of aryl methyl sites for hydroxylation is 1. The van der Waals surface area contributed by atoms with Crippen molar-refractivity contribution in [2.24, 2.45) is 5.73 Å². The molecule has 1 atom stereocenters. The van der Waals surface area contributed by atoms with E-state index in [4.69, 9.17) is 5.73 Å². The Bertz CT molecular complexity index is 540. The molecule has 0 aliphatic carbocycles. The van der Waals surface area contributed by atoms with Crippen molar-refractivity contribution in [2.75, 3.05) is 6.54 Å². The van der Waals surface area contributed by atoms with E-state index in [1.807, 2.05) is 61.5 Å². The maximum absolute atomic E-state index is 12.1. The van der Waals surface area contributed by atoms with Gasteiger partial charge in [-0.3, -0.25) is 4.79 Å². The first-order valence-corrected chi connectivity index (χ1v) is 6.33. The Morgan fingerprint density at radius 1 is 1.10 bits per heavy atom. The third kappa shape index (κ3) is 4.08. The highest BCUT2D eigenvalue weighted by Gasteiger charge is 2.13. The molecule has 0 bridgehead atoms. The Hall–Kier alpha value is -1.84. The highest BCUT2D eigenvalue weighted by molar-refractivity contribution is 5.94. The van der Waals surface area contributed by atoms with Crippen molar-refractivity contribution in [1.82, 2.24) is 5.32 Å². The average Bonchev–Trinajstić information content (AvgIpc) is 2.46. The van der Waals surface area contributed by atoms with Gasteiger partial charge in [0.2, 0.25) is 0 Å². The van der Waals surface area contributed by atoms with Crippen LogP contribution in [0.1, 0.15) is 27.5 Å². The van der Waals surface area contributed by atoms with Gasteiger partial charge < -0.3 is 11.1 Å². The Labute approximate surface area is 125 Å². The second kappa shape index (κ2) is 7.68. The van der Waals surface area contributed by atoms with Crippen LogP contribution >= 0.6 is 12.4 Å².